The lowest BCUT2D eigenvalue weighted by Gasteiger charge is -2.11. The molecule has 0 heterocycles. The molecule has 0 aliphatic carbocycles. The number of nitrogens with zero attached hydrogens (tertiary/aromatic N) is 1. The van der Waals surface area contributed by atoms with Gasteiger partial charge in [0.2, 0.25) is 5.91 Å². The van der Waals surface area contributed by atoms with Crippen molar-refractivity contribution in [2.24, 2.45) is 5.73 Å². The van der Waals surface area contributed by atoms with Gasteiger partial charge in [-0.3, -0.25) is 14.9 Å². The number of carbonyl (C=O) groups excluding carboxylic acids is 1. The van der Waals surface area contributed by atoms with E-state index in [0.717, 1.165) is 6.07 Å². The molecule has 1 aromatic rings. The SMILES string of the molecule is COCCC(N)C(=O)Nc1ccc(Cl)cc1[N+](=O)[O-]. The number of carbonyl (C=O) groups is 1. The maximum Gasteiger partial charge on any atom is 0.294 e. The molecular weight excluding hydrogens is 274 g/mol. The van der Waals surface area contributed by atoms with Crippen LogP contribution in [0.1, 0.15) is 6.42 Å². The minimum Gasteiger partial charge on any atom is -0.385 e. The molecule has 3 N–H and O–H groups in total. The van der Waals surface area contributed by atoms with Crippen molar-refractivity contribution in [1.29, 1.82) is 0 Å². The summed E-state index contributed by atoms with van der Waals surface area (Å²) < 4.78 is 4.80. The lowest BCUT2D eigenvalue weighted by Crippen LogP contribution is -2.36. The average molecular weight is 288 g/mol. The number of halogens is 1. The van der Waals surface area contributed by atoms with Crippen LogP contribution in [0.3, 0.4) is 0 Å². The van der Waals surface area contributed by atoms with E-state index in [0.29, 0.717) is 13.0 Å². The zero-order chi connectivity index (χ0) is 14.4. The molecule has 0 spiro atoms. The van der Waals surface area contributed by atoms with Crippen molar-refractivity contribution in [3.63, 3.8) is 0 Å². The van der Waals surface area contributed by atoms with Crippen LogP contribution >= 0.6 is 11.6 Å². The first-order chi connectivity index (χ1) is 8.95. The zero-order valence-electron chi connectivity index (χ0n) is 10.3. The summed E-state index contributed by atoms with van der Waals surface area (Å²) in [6.07, 6.45) is 0.323. The molecule has 1 rings (SSSR count). The van der Waals surface area contributed by atoms with Gasteiger partial charge in [-0.25, -0.2) is 0 Å². The van der Waals surface area contributed by atoms with Gasteiger partial charge in [0, 0.05) is 24.8 Å². The van der Waals surface area contributed by atoms with Crippen molar-refractivity contribution in [2.45, 2.75) is 12.5 Å². The number of ether oxygens (including phenoxy) is 1. The van der Waals surface area contributed by atoms with Crippen LogP contribution in [0.5, 0.6) is 0 Å². The van der Waals surface area contributed by atoms with Gasteiger partial charge in [0.1, 0.15) is 5.69 Å². The largest absolute Gasteiger partial charge is 0.385 e. The third-order valence-electron chi connectivity index (χ3n) is 2.38. The highest BCUT2D eigenvalue weighted by atomic mass is 35.5. The Kier molecular flexibility index (Phi) is 5.68. The van der Waals surface area contributed by atoms with Crippen LogP contribution in [-0.2, 0) is 9.53 Å². The van der Waals surface area contributed by atoms with Crippen molar-refractivity contribution in [1.82, 2.24) is 0 Å². The molecule has 1 atom stereocenters. The third kappa shape index (κ3) is 4.47. The second kappa shape index (κ2) is 7.03. The van der Waals surface area contributed by atoms with Gasteiger partial charge in [0.15, 0.2) is 0 Å². The predicted octanol–water partition coefficient (Wildman–Crippen LogP) is 1.55. The van der Waals surface area contributed by atoms with Crippen LogP contribution in [0.25, 0.3) is 0 Å². The quantitative estimate of drug-likeness (QED) is 0.609. The summed E-state index contributed by atoms with van der Waals surface area (Å²) in [7, 11) is 1.49. The summed E-state index contributed by atoms with van der Waals surface area (Å²) in [5, 5.41) is 13.5. The van der Waals surface area contributed by atoms with E-state index < -0.39 is 16.9 Å². The molecule has 1 amide bonds. The fourth-order valence-corrected chi connectivity index (χ4v) is 1.53. The zero-order valence-corrected chi connectivity index (χ0v) is 11.0. The number of hydrogen-bond acceptors (Lipinski definition) is 5. The van der Waals surface area contributed by atoms with E-state index in [-0.39, 0.29) is 16.4 Å². The molecule has 19 heavy (non-hydrogen) atoms. The number of benzene rings is 1. The Labute approximate surface area is 114 Å². The number of anilines is 1. The molecule has 0 radical (unpaired) electrons. The highest BCUT2D eigenvalue weighted by Gasteiger charge is 2.19. The number of nitro benzene ring substituents is 1. The van der Waals surface area contributed by atoms with Crippen molar-refractivity contribution < 1.29 is 14.5 Å². The summed E-state index contributed by atoms with van der Waals surface area (Å²) in [6, 6.07) is 3.18. The molecule has 0 fully saturated rings. The molecule has 0 saturated carbocycles. The maximum absolute atomic E-state index is 11.7. The van der Waals surface area contributed by atoms with Gasteiger partial charge in [0.05, 0.1) is 11.0 Å². The van der Waals surface area contributed by atoms with Crippen LogP contribution in [0.15, 0.2) is 18.2 Å². The smallest absolute Gasteiger partial charge is 0.294 e. The molecule has 0 saturated heterocycles. The molecular formula is C11H14ClN3O4. The molecule has 0 bridgehead atoms. The monoisotopic (exact) mass is 287 g/mol. The molecule has 104 valence electrons. The highest BCUT2D eigenvalue weighted by molar-refractivity contribution is 6.31. The second-order valence-corrected chi connectivity index (χ2v) is 4.23. The summed E-state index contributed by atoms with van der Waals surface area (Å²) >= 11 is 5.67. The standard InChI is InChI=1S/C11H14ClN3O4/c1-19-5-4-8(13)11(16)14-9-3-2-7(12)6-10(9)15(17)18/h2-3,6,8H,4-5,13H2,1H3,(H,14,16). The Morgan fingerprint density at radius 3 is 2.89 bits per heavy atom. The third-order valence-corrected chi connectivity index (χ3v) is 2.62. The number of nitrogens with one attached hydrogen (secondary N) is 1. The predicted molar refractivity (Wildman–Crippen MR) is 71.2 cm³/mol. The van der Waals surface area contributed by atoms with Gasteiger partial charge in [-0.1, -0.05) is 11.6 Å². The van der Waals surface area contributed by atoms with E-state index in [1.165, 1.54) is 19.2 Å². The highest BCUT2D eigenvalue weighted by Crippen LogP contribution is 2.27. The Balaban J connectivity index is 2.81. The van der Waals surface area contributed by atoms with Gasteiger partial charge in [-0.2, -0.15) is 0 Å². The van der Waals surface area contributed by atoms with Gasteiger partial charge < -0.3 is 15.8 Å². The number of nitro groups is 1. The van der Waals surface area contributed by atoms with E-state index in [2.05, 4.69) is 5.32 Å². The Hall–Kier alpha value is -1.70. The molecule has 7 nitrogen and oxygen atoms in total. The Morgan fingerprint density at radius 1 is 1.63 bits per heavy atom. The second-order valence-electron chi connectivity index (χ2n) is 3.80. The number of nitrogens with two attached hydrogens (primary N) is 1. The fraction of sp³-hybridized carbons (Fsp3) is 0.364. The van der Waals surface area contributed by atoms with Crippen molar-refractivity contribution in [3.8, 4) is 0 Å². The van der Waals surface area contributed by atoms with Gasteiger partial charge in [-0.05, 0) is 18.6 Å². The van der Waals surface area contributed by atoms with E-state index >= 15 is 0 Å². The van der Waals surface area contributed by atoms with Gasteiger partial charge >= 0.3 is 0 Å². The van der Waals surface area contributed by atoms with E-state index in [1.807, 2.05) is 0 Å². The number of methoxy groups -OCH3 is 1. The van der Waals surface area contributed by atoms with E-state index in [9.17, 15) is 14.9 Å². The molecule has 0 aliphatic heterocycles. The van der Waals surface area contributed by atoms with Crippen LogP contribution in [0.4, 0.5) is 11.4 Å². The van der Waals surface area contributed by atoms with Crippen molar-refractivity contribution >= 4 is 28.9 Å². The summed E-state index contributed by atoms with van der Waals surface area (Å²) in [5.41, 5.74) is 5.40. The maximum atomic E-state index is 11.7. The van der Waals surface area contributed by atoms with Crippen molar-refractivity contribution in [2.75, 3.05) is 19.0 Å². The van der Waals surface area contributed by atoms with E-state index in [4.69, 9.17) is 22.1 Å². The fourth-order valence-electron chi connectivity index (χ4n) is 1.36. The lowest BCUT2D eigenvalue weighted by molar-refractivity contribution is -0.383. The first kappa shape index (κ1) is 15.4. The summed E-state index contributed by atoms with van der Waals surface area (Å²) in [4.78, 5) is 21.9. The normalized spacial score (nSPS) is 11.9. The topological polar surface area (TPSA) is 107 Å². The van der Waals surface area contributed by atoms with Crippen LogP contribution in [-0.4, -0.2) is 30.6 Å². The summed E-state index contributed by atoms with van der Waals surface area (Å²) in [6.45, 7) is 0.331. The first-order valence-electron chi connectivity index (χ1n) is 5.45. The molecule has 0 aliphatic rings. The Bertz CT molecular complexity index is 481. The average Bonchev–Trinajstić information content (AvgIpc) is 2.37. The van der Waals surface area contributed by atoms with Crippen LogP contribution < -0.4 is 11.1 Å². The molecule has 1 unspecified atom stereocenters. The van der Waals surface area contributed by atoms with Crippen LogP contribution in [0, 0.1) is 10.1 Å². The van der Waals surface area contributed by atoms with Gasteiger partial charge in [0.25, 0.3) is 5.69 Å². The van der Waals surface area contributed by atoms with Gasteiger partial charge in [-0.15, -0.1) is 0 Å². The minimum absolute atomic E-state index is 0.0623. The number of rotatable bonds is 6. The number of hydrogen-bond donors (Lipinski definition) is 2. The molecule has 1 aromatic carbocycles. The van der Waals surface area contributed by atoms with Crippen molar-refractivity contribution in [3.05, 3.63) is 33.3 Å². The first-order valence-corrected chi connectivity index (χ1v) is 5.83. The lowest BCUT2D eigenvalue weighted by atomic mass is 10.2. The van der Waals surface area contributed by atoms with Crippen LogP contribution in [0.2, 0.25) is 5.02 Å². The minimum atomic E-state index is -0.796. The molecule has 8 heteroatoms. The number of amides is 1. The van der Waals surface area contributed by atoms with E-state index in [1.54, 1.807) is 0 Å². The molecule has 0 aromatic heterocycles. The Morgan fingerprint density at radius 2 is 2.32 bits per heavy atom. The summed E-state index contributed by atoms with van der Waals surface area (Å²) in [5.74, 6) is -0.512.